The lowest BCUT2D eigenvalue weighted by Gasteiger charge is -2.36. The average molecular weight is 428 g/mol. The molecule has 0 saturated carbocycles. The third-order valence-corrected chi connectivity index (χ3v) is 4.92. The van der Waals surface area contributed by atoms with Gasteiger partial charge in [0.25, 0.3) is 0 Å². The fourth-order valence-electron chi connectivity index (χ4n) is 3.62. The number of aryl methyl sites for hydroxylation is 1. The summed E-state index contributed by atoms with van der Waals surface area (Å²) in [7, 11) is 0. The lowest BCUT2D eigenvalue weighted by Crippen LogP contribution is -2.49. The van der Waals surface area contributed by atoms with Crippen molar-refractivity contribution in [2.75, 3.05) is 26.2 Å². The molecule has 164 valence electrons. The van der Waals surface area contributed by atoms with Crippen LogP contribution in [-0.4, -0.2) is 75.3 Å². The first kappa shape index (κ1) is 22.0. The van der Waals surface area contributed by atoms with Crippen molar-refractivity contribution in [1.82, 2.24) is 19.8 Å². The van der Waals surface area contributed by atoms with Gasteiger partial charge in [0, 0.05) is 38.6 Å². The third kappa shape index (κ3) is 6.17. The lowest BCUT2D eigenvalue weighted by atomic mass is 10.1. The summed E-state index contributed by atoms with van der Waals surface area (Å²) in [6, 6.07) is 4.68. The first-order valence-corrected chi connectivity index (χ1v) is 9.44. The number of carboxylic acid groups (broad SMARTS) is 1. The Balaban J connectivity index is 0.000000318. The maximum Gasteiger partial charge on any atom is 0.490 e. The Morgan fingerprint density at radius 2 is 1.97 bits per heavy atom. The van der Waals surface area contributed by atoms with Gasteiger partial charge in [-0.25, -0.2) is 14.8 Å². The molecule has 30 heavy (non-hydrogen) atoms. The van der Waals surface area contributed by atoms with Crippen LogP contribution in [0, 0.1) is 6.92 Å². The number of hydrogen-bond acceptors (Lipinski definition) is 7. The smallest absolute Gasteiger partial charge is 0.486 e. The Morgan fingerprint density at radius 3 is 2.57 bits per heavy atom. The minimum atomic E-state index is -5.08. The number of aliphatic carboxylic acids is 1. The summed E-state index contributed by atoms with van der Waals surface area (Å²) >= 11 is 0. The fraction of sp³-hybridized carbons (Fsp3) is 0.526. The highest BCUT2D eigenvalue weighted by atomic mass is 19.4. The van der Waals surface area contributed by atoms with Crippen molar-refractivity contribution in [2.24, 2.45) is 0 Å². The largest absolute Gasteiger partial charge is 0.490 e. The average Bonchev–Trinajstić information content (AvgIpc) is 3.27. The van der Waals surface area contributed by atoms with Crippen molar-refractivity contribution in [3.8, 4) is 5.75 Å². The number of carboxylic acids is 1. The van der Waals surface area contributed by atoms with Crippen LogP contribution in [0.2, 0.25) is 0 Å². The number of rotatable bonds is 4. The molecule has 11 heteroatoms. The zero-order valence-corrected chi connectivity index (χ0v) is 16.4. The van der Waals surface area contributed by atoms with Crippen LogP contribution in [-0.2, 0) is 11.3 Å². The van der Waals surface area contributed by atoms with E-state index in [0.717, 1.165) is 56.4 Å². The fourth-order valence-corrected chi connectivity index (χ4v) is 3.62. The van der Waals surface area contributed by atoms with Crippen molar-refractivity contribution in [3.05, 3.63) is 42.4 Å². The zero-order chi connectivity index (χ0) is 21.7. The first-order valence-electron chi connectivity index (χ1n) is 9.44. The van der Waals surface area contributed by atoms with Crippen LogP contribution in [0.1, 0.15) is 17.9 Å². The Bertz CT molecular complexity index is 831. The molecule has 2 aliphatic rings. The van der Waals surface area contributed by atoms with Crippen LogP contribution < -0.4 is 4.74 Å². The molecule has 2 saturated heterocycles. The van der Waals surface area contributed by atoms with E-state index in [2.05, 4.69) is 25.8 Å². The van der Waals surface area contributed by atoms with E-state index < -0.39 is 12.1 Å². The molecule has 0 aromatic carbocycles. The second-order valence-corrected chi connectivity index (χ2v) is 7.25. The quantitative estimate of drug-likeness (QED) is 0.794. The number of fused-ring (bicyclic) bond motifs is 1. The highest BCUT2D eigenvalue weighted by Crippen LogP contribution is 2.26. The van der Waals surface area contributed by atoms with E-state index in [0.29, 0.717) is 6.04 Å². The van der Waals surface area contributed by atoms with Crippen molar-refractivity contribution in [3.63, 3.8) is 0 Å². The van der Waals surface area contributed by atoms with Gasteiger partial charge in [0.15, 0.2) is 5.75 Å². The Labute approximate surface area is 171 Å². The number of furan rings is 1. The van der Waals surface area contributed by atoms with Crippen molar-refractivity contribution < 1.29 is 32.2 Å². The van der Waals surface area contributed by atoms with Gasteiger partial charge in [-0.2, -0.15) is 13.2 Å². The summed E-state index contributed by atoms with van der Waals surface area (Å²) in [5, 5.41) is 7.12. The van der Waals surface area contributed by atoms with E-state index in [9.17, 15) is 13.2 Å². The summed E-state index contributed by atoms with van der Waals surface area (Å²) < 4.78 is 43.5. The SMILES string of the molecule is Cc1ccc(CN2CCN3CC(Oc4cncnc4)CC3C2)o1.O=C(O)C(F)(F)F. The molecule has 0 bridgehead atoms. The number of aromatic nitrogens is 2. The van der Waals surface area contributed by atoms with Crippen molar-refractivity contribution >= 4 is 5.97 Å². The molecule has 2 aliphatic heterocycles. The summed E-state index contributed by atoms with van der Waals surface area (Å²) in [5.74, 6) is 0.0500. The van der Waals surface area contributed by atoms with Crippen molar-refractivity contribution in [2.45, 2.75) is 38.2 Å². The van der Waals surface area contributed by atoms with Crippen LogP contribution >= 0.6 is 0 Å². The normalized spacial score (nSPS) is 22.1. The van der Waals surface area contributed by atoms with E-state index >= 15 is 0 Å². The van der Waals surface area contributed by atoms with Crippen LogP contribution in [0.4, 0.5) is 13.2 Å². The molecule has 0 amide bonds. The van der Waals surface area contributed by atoms with Gasteiger partial charge in [-0.3, -0.25) is 9.80 Å². The van der Waals surface area contributed by atoms with E-state index in [1.807, 2.05) is 13.0 Å². The highest BCUT2D eigenvalue weighted by Gasteiger charge is 2.38. The van der Waals surface area contributed by atoms with Gasteiger partial charge >= 0.3 is 12.1 Å². The Kier molecular flexibility index (Phi) is 6.93. The van der Waals surface area contributed by atoms with E-state index in [1.54, 1.807) is 12.4 Å². The van der Waals surface area contributed by atoms with Crippen LogP contribution in [0.3, 0.4) is 0 Å². The van der Waals surface area contributed by atoms with Crippen molar-refractivity contribution in [1.29, 1.82) is 0 Å². The van der Waals surface area contributed by atoms with Gasteiger partial charge in [0.2, 0.25) is 0 Å². The molecular weight excluding hydrogens is 405 g/mol. The van der Waals surface area contributed by atoms with Gasteiger partial charge in [-0.15, -0.1) is 0 Å². The molecule has 1 N–H and O–H groups in total. The number of nitrogens with zero attached hydrogens (tertiary/aromatic N) is 4. The molecule has 0 spiro atoms. The molecule has 8 nitrogen and oxygen atoms in total. The molecule has 0 aliphatic carbocycles. The number of hydrogen-bond donors (Lipinski definition) is 1. The van der Waals surface area contributed by atoms with Gasteiger partial charge in [-0.1, -0.05) is 0 Å². The number of ether oxygens (including phenoxy) is 1. The molecule has 4 rings (SSSR count). The number of halogens is 3. The first-order chi connectivity index (χ1) is 14.2. The predicted molar refractivity (Wildman–Crippen MR) is 98.8 cm³/mol. The Hall–Kier alpha value is -2.66. The van der Waals surface area contributed by atoms with Gasteiger partial charge < -0.3 is 14.3 Å². The van der Waals surface area contributed by atoms with E-state index in [-0.39, 0.29) is 6.10 Å². The van der Waals surface area contributed by atoms with Crippen LogP contribution in [0.15, 0.2) is 35.3 Å². The number of alkyl halides is 3. The standard InChI is InChI=1S/C17H22N4O2.C2HF3O2/c1-13-2-3-15(22-13)10-20-4-5-21-11-16(6-14(21)9-20)23-17-7-18-12-19-8-17;3-2(4,5)1(6)7/h2-3,7-8,12,14,16H,4-6,9-11H2,1H3;(H,6,7). The number of piperazine rings is 1. The molecule has 2 atom stereocenters. The maximum absolute atomic E-state index is 10.6. The molecule has 0 radical (unpaired) electrons. The third-order valence-electron chi connectivity index (χ3n) is 4.92. The molecule has 2 fully saturated rings. The Morgan fingerprint density at radius 1 is 1.27 bits per heavy atom. The van der Waals surface area contributed by atoms with Gasteiger partial charge in [0.1, 0.15) is 24.0 Å². The van der Waals surface area contributed by atoms with Gasteiger partial charge in [-0.05, 0) is 19.1 Å². The topological polar surface area (TPSA) is 91.9 Å². The second kappa shape index (κ2) is 9.43. The monoisotopic (exact) mass is 428 g/mol. The van der Waals surface area contributed by atoms with Crippen LogP contribution in [0.5, 0.6) is 5.75 Å². The highest BCUT2D eigenvalue weighted by molar-refractivity contribution is 5.73. The summed E-state index contributed by atoms with van der Waals surface area (Å²) in [6.07, 6.45) is 1.20. The van der Waals surface area contributed by atoms with E-state index in [4.69, 9.17) is 19.1 Å². The minimum absolute atomic E-state index is 0.233. The summed E-state index contributed by atoms with van der Waals surface area (Å²) in [6.45, 7) is 7.13. The van der Waals surface area contributed by atoms with E-state index in [1.165, 1.54) is 6.33 Å². The number of carbonyl (C=O) groups is 1. The lowest BCUT2D eigenvalue weighted by molar-refractivity contribution is -0.192. The summed E-state index contributed by atoms with van der Waals surface area (Å²) in [5.41, 5.74) is 0. The maximum atomic E-state index is 10.6. The summed E-state index contributed by atoms with van der Waals surface area (Å²) in [4.78, 5) is 21.9. The molecule has 4 heterocycles. The molecule has 2 aromatic rings. The minimum Gasteiger partial charge on any atom is -0.486 e. The molecule has 2 aromatic heterocycles. The molecule has 2 unspecified atom stereocenters. The molecular formula is C19H23F3N4O4. The second-order valence-electron chi connectivity index (χ2n) is 7.25. The zero-order valence-electron chi connectivity index (χ0n) is 16.4. The van der Waals surface area contributed by atoms with Gasteiger partial charge in [0.05, 0.1) is 18.9 Å². The predicted octanol–water partition coefficient (Wildman–Crippen LogP) is 2.35. The van der Waals surface area contributed by atoms with Crippen LogP contribution in [0.25, 0.3) is 0 Å².